The van der Waals surface area contributed by atoms with Gasteiger partial charge >= 0.3 is 0 Å². The van der Waals surface area contributed by atoms with E-state index in [1.165, 1.54) is 14.2 Å². The van der Waals surface area contributed by atoms with Crippen LogP contribution < -0.4 is 29.0 Å². The van der Waals surface area contributed by atoms with E-state index in [0.717, 1.165) is 0 Å². The third-order valence-corrected chi connectivity index (χ3v) is 4.38. The lowest BCUT2D eigenvalue weighted by atomic mass is 10.1. The molecule has 8 heteroatoms. The Labute approximate surface area is 168 Å². The Kier molecular flexibility index (Phi) is 5.92. The van der Waals surface area contributed by atoms with Crippen molar-refractivity contribution < 1.29 is 28.5 Å². The smallest absolute Gasteiger partial charge is 0.275 e. The van der Waals surface area contributed by atoms with E-state index in [9.17, 15) is 4.79 Å². The molecular weight excluding hydrogens is 376 g/mol. The third kappa shape index (κ3) is 3.96. The Bertz CT molecular complexity index is 997. The van der Waals surface area contributed by atoms with Gasteiger partial charge < -0.3 is 29.0 Å². The van der Waals surface area contributed by atoms with Gasteiger partial charge in [0, 0.05) is 17.2 Å². The van der Waals surface area contributed by atoms with E-state index in [-0.39, 0.29) is 11.6 Å². The lowest BCUT2D eigenvalue weighted by Crippen LogP contribution is -2.24. The van der Waals surface area contributed by atoms with Crippen LogP contribution in [0.4, 0.5) is 0 Å². The van der Waals surface area contributed by atoms with E-state index in [0.29, 0.717) is 45.7 Å². The highest BCUT2D eigenvalue weighted by molar-refractivity contribution is 6.20. The van der Waals surface area contributed by atoms with Crippen LogP contribution >= 0.6 is 0 Å². The number of ether oxygens (including phenoxy) is 5. The molecule has 1 N–H and O–H groups in total. The van der Waals surface area contributed by atoms with Crippen LogP contribution in [0.25, 0.3) is 6.08 Å². The van der Waals surface area contributed by atoms with Crippen molar-refractivity contribution in [2.75, 3.05) is 35.5 Å². The van der Waals surface area contributed by atoms with Gasteiger partial charge in [-0.3, -0.25) is 4.79 Å². The molecule has 1 amide bonds. The highest BCUT2D eigenvalue weighted by atomic mass is 16.5. The average Bonchev–Trinajstić information content (AvgIpc) is 3.12. The normalized spacial score (nSPS) is 14.3. The van der Waals surface area contributed by atoms with Gasteiger partial charge in [0.2, 0.25) is 0 Å². The maximum absolute atomic E-state index is 12.5. The lowest BCUT2D eigenvalue weighted by molar-refractivity contribution is -0.115. The first kappa shape index (κ1) is 20.1. The maximum atomic E-state index is 12.5. The summed E-state index contributed by atoms with van der Waals surface area (Å²) in [4.78, 5) is 16.9. The second-order valence-corrected chi connectivity index (χ2v) is 5.96. The highest BCUT2D eigenvalue weighted by Gasteiger charge is 2.23. The summed E-state index contributed by atoms with van der Waals surface area (Å²) in [5, 5.41) is 2.77. The number of rotatable bonds is 7. The van der Waals surface area contributed by atoms with Crippen LogP contribution in [0.5, 0.6) is 28.7 Å². The van der Waals surface area contributed by atoms with Gasteiger partial charge in [0.05, 0.1) is 35.5 Å². The molecule has 0 fully saturated rings. The molecule has 2 aromatic rings. The van der Waals surface area contributed by atoms with Gasteiger partial charge in [-0.1, -0.05) is 0 Å². The Morgan fingerprint density at radius 3 is 1.97 bits per heavy atom. The SMILES string of the molecule is COc1cc(OC)c(OC)cc1/C=C1\N=C(c2ccc(OC)c(OC)c2)NC1=O. The first-order valence-corrected chi connectivity index (χ1v) is 8.68. The molecular formula is C21H22N2O6. The van der Waals surface area contributed by atoms with E-state index in [4.69, 9.17) is 23.7 Å². The van der Waals surface area contributed by atoms with Crippen molar-refractivity contribution in [2.24, 2.45) is 4.99 Å². The quantitative estimate of drug-likeness (QED) is 0.722. The summed E-state index contributed by atoms with van der Waals surface area (Å²) in [6.07, 6.45) is 1.63. The molecule has 0 atom stereocenters. The van der Waals surface area contributed by atoms with Crippen molar-refractivity contribution >= 4 is 17.8 Å². The summed E-state index contributed by atoms with van der Waals surface area (Å²) in [6, 6.07) is 8.71. The summed E-state index contributed by atoms with van der Waals surface area (Å²) in [7, 11) is 7.72. The van der Waals surface area contributed by atoms with Crippen LogP contribution in [0.1, 0.15) is 11.1 Å². The Morgan fingerprint density at radius 2 is 1.34 bits per heavy atom. The first-order chi connectivity index (χ1) is 14.0. The van der Waals surface area contributed by atoms with Crippen molar-refractivity contribution in [3.05, 3.63) is 47.2 Å². The van der Waals surface area contributed by atoms with Crippen LogP contribution in [0.2, 0.25) is 0 Å². The number of nitrogens with one attached hydrogen (secondary N) is 1. The molecule has 1 aliphatic heterocycles. The number of carbonyl (C=O) groups excluding carboxylic acids is 1. The van der Waals surface area contributed by atoms with Crippen LogP contribution in [-0.2, 0) is 4.79 Å². The van der Waals surface area contributed by atoms with E-state index >= 15 is 0 Å². The summed E-state index contributed by atoms with van der Waals surface area (Å²) in [6.45, 7) is 0. The fourth-order valence-electron chi connectivity index (χ4n) is 2.90. The highest BCUT2D eigenvalue weighted by Crippen LogP contribution is 2.36. The van der Waals surface area contributed by atoms with Crippen LogP contribution in [0.3, 0.4) is 0 Å². The molecule has 1 heterocycles. The zero-order valence-corrected chi connectivity index (χ0v) is 16.9. The van der Waals surface area contributed by atoms with Gasteiger partial charge in [0.25, 0.3) is 5.91 Å². The summed E-state index contributed by atoms with van der Waals surface area (Å²) >= 11 is 0. The third-order valence-electron chi connectivity index (χ3n) is 4.38. The van der Waals surface area contributed by atoms with Crippen molar-refractivity contribution in [2.45, 2.75) is 0 Å². The second-order valence-electron chi connectivity index (χ2n) is 5.96. The molecule has 0 saturated carbocycles. The topological polar surface area (TPSA) is 87.6 Å². The van der Waals surface area contributed by atoms with Gasteiger partial charge in [0.1, 0.15) is 17.3 Å². The standard InChI is InChI=1S/C21H22N2O6/c1-25-15-7-6-12(9-17(15)27-3)20-22-14(21(24)23-20)8-13-10-18(28-4)19(29-5)11-16(13)26-2/h6-11H,1-5H3,(H,22,23,24)/b14-8-. The number of methoxy groups -OCH3 is 5. The van der Waals surface area contributed by atoms with Gasteiger partial charge in [-0.25, -0.2) is 4.99 Å². The van der Waals surface area contributed by atoms with Crippen molar-refractivity contribution in [1.82, 2.24) is 5.32 Å². The zero-order chi connectivity index (χ0) is 21.0. The maximum Gasteiger partial charge on any atom is 0.275 e. The van der Waals surface area contributed by atoms with Gasteiger partial charge in [0.15, 0.2) is 23.0 Å². The fraction of sp³-hybridized carbons (Fsp3) is 0.238. The molecule has 0 spiro atoms. The molecule has 0 aliphatic carbocycles. The zero-order valence-electron chi connectivity index (χ0n) is 16.9. The minimum Gasteiger partial charge on any atom is -0.496 e. The number of carbonyl (C=O) groups is 1. The van der Waals surface area contributed by atoms with E-state index in [1.807, 2.05) is 0 Å². The summed E-state index contributed by atoms with van der Waals surface area (Å²) in [5.74, 6) is 2.79. The predicted octanol–water partition coefficient (Wildman–Crippen LogP) is 2.65. The molecule has 0 unspecified atom stereocenters. The lowest BCUT2D eigenvalue weighted by Gasteiger charge is -2.12. The minimum atomic E-state index is -0.327. The van der Waals surface area contributed by atoms with Crippen LogP contribution in [0.15, 0.2) is 41.0 Å². The van der Waals surface area contributed by atoms with Crippen molar-refractivity contribution in [3.8, 4) is 28.7 Å². The Hall–Kier alpha value is -3.68. The van der Waals surface area contributed by atoms with E-state index in [2.05, 4.69) is 10.3 Å². The molecule has 3 rings (SSSR count). The number of amidine groups is 1. The van der Waals surface area contributed by atoms with Crippen LogP contribution in [-0.4, -0.2) is 47.3 Å². The van der Waals surface area contributed by atoms with E-state index < -0.39 is 0 Å². The first-order valence-electron chi connectivity index (χ1n) is 8.68. The molecule has 0 saturated heterocycles. The number of hydrogen-bond acceptors (Lipinski definition) is 7. The summed E-state index contributed by atoms with van der Waals surface area (Å²) in [5.41, 5.74) is 1.56. The predicted molar refractivity (Wildman–Crippen MR) is 108 cm³/mol. The largest absolute Gasteiger partial charge is 0.496 e. The van der Waals surface area contributed by atoms with Gasteiger partial charge in [-0.15, -0.1) is 0 Å². The molecule has 29 heavy (non-hydrogen) atoms. The van der Waals surface area contributed by atoms with Crippen molar-refractivity contribution in [3.63, 3.8) is 0 Å². The van der Waals surface area contributed by atoms with E-state index in [1.54, 1.807) is 57.7 Å². The molecule has 2 aromatic carbocycles. The number of aliphatic imine (C=N–C) groups is 1. The number of benzene rings is 2. The molecule has 0 bridgehead atoms. The Balaban J connectivity index is 2.01. The molecule has 1 aliphatic rings. The second kappa shape index (κ2) is 8.55. The molecule has 152 valence electrons. The van der Waals surface area contributed by atoms with Gasteiger partial charge in [-0.05, 0) is 30.3 Å². The molecule has 8 nitrogen and oxygen atoms in total. The minimum absolute atomic E-state index is 0.236. The van der Waals surface area contributed by atoms with Crippen LogP contribution in [0, 0.1) is 0 Å². The number of nitrogens with zero attached hydrogens (tertiary/aromatic N) is 1. The average molecular weight is 398 g/mol. The number of hydrogen-bond donors (Lipinski definition) is 1. The van der Waals surface area contributed by atoms with Crippen molar-refractivity contribution in [1.29, 1.82) is 0 Å². The van der Waals surface area contributed by atoms with Gasteiger partial charge in [-0.2, -0.15) is 0 Å². The monoisotopic (exact) mass is 398 g/mol. The summed E-state index contributed by atoms with van der Waals surface area (Å²) < 4.78 is 26.6. The Morgan fingerprint density at radius 1 is 0.759 bits per heavy atom. The molecule has 0 radical (unpaired) electrons. The number of amides is 1. The fourth-order valence-corrected chi connectivity index (χ4v) is 2.90. The molecule has 0 aromatic heterocycles.